The summed E-state index contributed by atoms with van der Waals surface area (Å²) in [4.78, 5) is 24.3. The minimum atomic E-state index is -0.474. The summed E-state index contributed by atoms with van der Waals surface area (Å²) >= 11 is 0. The van der Waals surface area contributed by atoms with Crippen LogP contribution >= 0.6 is 0 Å². The summed E-state index contributed by atoms with van der Waals surface area (Å²) in [5.74, 6) is 0.694. The second-order valence-electron chi connectivity index (χ2n) is 6.03. The molecule has 0 fully saturated rings. The summed E-state index contributed by atoms with van der Waals surface area (Å²) in [6, 6.07) is 18.1. The quantitative estimate of drug-likeness (QED) is 0.413. The van der Waals surface area contributed by atoms with Crippen molar-refractivity contribution < 1.29 is 14.3 Å². The van der Waals surface area contributed by atoms with Crippen LogP contribution in [0.2, 0.25) is 0 Å². The predicted octanol–water partition coefficient (Wildman–Crippen LogP) is 3.16. The van der Waals surface area contributed by atoms with Crippen molar-refractivity contribution in [3.63, 3.8) is 0 Å². The highest BCUT2D eigenvalue weighted by molar-refractivity contribution is 5.86. The molecule has 4 aromatic rings. The van der Waals surface area contributed by atoms with Crippen LogP contribution in [0.3, 0.4) is 0 Å². The summed E-state index contributed by atoms with van der Waals surface area (Å²) in [6.07, 6.45) is 1.21. The van der Waals surface area contributed by atoms with Gasteiger partial charge in [-0.15, -0.1) is 0 Å². The van der Waals surface area contributed by atoms with Crippen LogP contribution < -0.4 is 14.9 Å². The summed E-state index contributed by atoms with van der Waals surface area (Å²) < 4.78 is 12.1. The standard InChI is InChI=1S/C21H16N2O4/c1-26-16-8-6-14-7-9-17(11-15(14)10-16)27-21(25)13-23-19-5-3-2-4-18(19)20(24)12-22-23/h2-12H,13H2,1H3. The van der Waals surface area contributed by atoms with Crippen molar-refractivity contribution in [2.75, 3.05) is 7.11 Å². The molecule has 3 aromatic carbocycles. The van der Waals surface area contributed by atoms with Gasteiger partial charge < -0.3 is 9.47 Å². The number of nitrogens with zero attached hydrogens (tertiary/aromatic N) is 2. The van der Waals surface area contributed by atoms with Gasteiger partial charge in [-0.25, -0.2) is 4.79 Å². The van der Waals surface area contributed by atoms with Crippen LogP contribution in [0.1, 0.15) is 0 Å². The molecule has 134 valence electrons. The molecule has 0 atom stereocenters. The number of methoxy groups -OCH3 is 1. The smallest absolute Gasteiger partial charge is 0.333 e. The van der Waals surface area contributed by atoms with Crippen LogP contribution in [0, 0.1) is 0 Å². The molecule has 0 aliphatic carbocycles. The van der Waals surface area contributed by atoms with Gasteiger partial charge in [-0.05, 0) is 47.2 Å². The first kappa shape index (κ1) is 16.8. The summed E-state index contributed by atoms with van der Waals surface area (Å²) in [5.41, 5.74) is 0.406. The van der Waals surface area contributed by atoms with E-state index in [4.69, 9.17) is 9.47 Å². The van der Waals surface area contributed by atoms with Crippen LogP contribution in [0.15, 0.2) is 71.7 Å². The van der Waals surface area contributed by atoms with Crippen LogP contribution in [-0.4, -0.2) is 22.9 Å². The van der Waals surface area contributed by atoms with E-state index in [1.165, 1.54) is 10.9 Å². The molecule has 0 amide bonds. The number of carbonyl (C=O) groups excluding carboxylic acids is 1. The van der Waals surface area contributed by atoms with Crippen molar-refractivity contribution in [1.82, 2.24) is 9.78 Å². The van der Waals surface area contributed by atoms with Crippen molar-refractivity contribution in [2.24, 2.45) is 0 Å². The Morgan fingerprint density at radius 2 is 1.74 bits per heavy atom. The normalized spacial score (nSPS) is 10.9. The Bertz CT molecular complexity index is 1210. The molecule has 0 aliphatic rings. The van der Waals surface area contributed by atoms with E-state index in [-0.39, 0.29) is 12.0 Å². The van der Waals surface area contributed by atoms with Gasteiger partial charge in [0, 0.05) is 5.39 Å². The monoisotopic (exact) mass is 360 g/mol. The topological polar surface area (TPSA) is 70.4 Å². The molecule has 6 nitrogen and oxygen atoms in total. The molecular formula is C21H16N2O4. The molecule has 1 aromatic heterocycles. The number of fused-ring (bicyclic) bond motifs is 2. The molecule has 27 heavy (non-hydrogen) atoms. The molecule has 0 saturated carbocycles. The first-order valence-corrected chi connectivity index (χ1v) is 8.37. The third-order valence-electron chi connectivity index (χ3n) is 4.29. The lowest BCUT2D eigenvalue weighted by molar-refractivity contribution is -0.135. The van der Waals surface area contributed by atoms with E-state index in [1.54, 1.807) is 43.5 Å². The molecular weight excluding hydrogens is 344 g/mol. The van der Waals surface area contributed by atoms with Gasteiger partial charge >= 0.3 is 5.97 Å². The zero-order valence-electron chi connectivity index (χ0n) is 14.6. The molecule has 0 unspecified atom stereocenters. The fraction of sp³-hybridized carbons (Fsp3) is 0.0952. The number of hydrogen-bond donors (Lipinski definition) is 0. The van der Waals surface area contributed by atoms with Gasteiger partial charge in [-0.3, -0.25) is 9.48 Å². The van der Waals surface area contributed by atoms with Gasteiger partial charge in [0.15, 0.2) is 0 Å². The van der Waals surface area contributed by atoms with E-state index in [2.05, 4.69) is 5.10 Å². The van der Waals surface area contributed by atoms with Crippen molar-refractivity contribution >= 4 is 27.6 Å². The lowest BCUT2D eigenvalue weighted by Gasteiger charge is -2.10. The molecule has 0 bridgehead atoms. The third kappa shape index (κ3) is 3.37. The van der Waals surface area contributed by atoms with Gasteiger partial charge in [-0.2, -0.15) is 5.10 Å². The Morgan fingerprint density at radius 3 is 2.56 bits per heavy atom. The highest BCUT2D eigenvalue weighted by Crippen LogP contribution is 2.25. The van der Waals surface area contributed by atoms with Gasteiger partial charge in [0.05, 0.1) is 18.8 Å². The number of benzene rings is 3. The zero-order chi connectivity index (χ0) is 18.8. The fourth-order valence-corrected chi connectivity index (χ4v) is 2.97. The Balaban J connectivity index is 1.59. The second kappa shape index (κ2) is 6.92. The number of hydrogen-bond acceptors (Lipinski definition) is 5. The molecule has 0 radical (unpaired) electrons. The molecule has 6 heteroatoms. The van der Waals surface area contributed by atoms with Crippen LogP contribution in [0.4, 0.5) is 0 Å². The fourth-order valence-electron chi connectivity index (χ4n) is 2.97. The number of aromatic nitrogens is 2. The van der Waals surface area contributed by atoms with E-state index >= 15 is 0 Å². The van der Waals surface area contributed by atoms with E-state index in [0.29, 0.717) is 16.7 Å². The summed E-state index contributed by atoms with van der Waals surface area (Å²) in [5, 5.41) is 6.49. The zero-order valence-corrected chi connectivity index (χ0v) is 14.6. The summed E-state index contributed by atoms with van der Waals surface area (Å²) in [7, 11) is 1.60. The van der Waals surface area contributed by atoms with Crippen LogP contribution in [0.5, 0.6) is 11.5 Å². The van der Waals surface area contributed by atoms with Crippen LogP contribution in [-0.2, 0) is 11.3 Å². The molecule has 4 rings (SSSR count). The highest BCUT2D eigenvalue weighted by Gasteiger charge is 2.10. The maximum Gasteiger partial charge on any atom is 0.333 e. The van der Waals surface area contributed by atoms with Crippen molar-refractivity contribution in [1.29, 1.82) is 0 Å². The van der Waals surface area contributed by atoms with Crippen molar-refractivity contribution in [3.05, 3.63) is 77.1 Å². The van der Waals surface area contributed by atoms with Crippen LogP contribution in [0.25, 0.3) is 21.7 Å². The molecule has 1 heterocycles. The van der Waals surface area contributed by atoms with E-state index in [9.17, 15) is 9.59 Å². The number of carbonyl (C=O) groups is 1. The third-order valence-corrected chi connectivity index (χ3v) is 4.29. The number of esters is 1. The van der Waals surface area contributed by atoms with Crippen molar-refractivity contribution in [2.45, 2.75) is 6.54 Å². The first-order valence-electron chi connectivity index (χ1n) is 8.37. The number of rotatable bonds is 4. The van der Waals surface area contributed by atoms with Gasteiger partial charge in [0.25, 0.3) is 0 Å². The lowest BCUT2D eigenvalue weighted by Crippen LogP contribution is -2.20. The molecule has 0 saturated heterocycles. The number of para-hydroxylation sites is 1. The molecule has 0 aliphatic heterocycles. The minimum Gasteiger partial charge on any atom is -0.497 e. The average molecular weight is 360 g/mol. The van der Waals surface area contributed by atoms with E-state index in [1.807, 2.05) is 24.3 Å². The maximum absolute atomic E-state index is 12.4. The highest BCUT2D eigenvalue weighted by atomic mass is 16.5. The Kier molecular flexibility index (Phi) is 4.30. The van der Waals surface area contributed by atoms with Gasteiger partial charge in [0.2, 0.25) is 5.43 Å². The SMILES string of the molecule is COc1ccc2ccc(OC(=O)Cn3ncc(=O)c4ccccc43)cc2c1. The largest absolute Gasteiger partial charge is 0.497 e. The first-order chi connectivity index (χ1) is 13.1. The predicted molar refractivity (Wildman–Crippen MR) is 102 cm³/mol. The van der Waals surface area contributed by atoms with E-state index in [0.717, 1.165) is 16.5 Å². The lowest BCUT2D eigenvalue weighted by atomic mass is 10.1. The van der Waals surface area contributed by atoms with E-state index < -0.39 is 5.97 Å². The number of ether oxygens (including phenoxy) is 2. The second-order valence-corrected chi connectivity index (χ2v) is 6.03. The Hall–Kier alpha value is -3.67. The maximum atomic E-state index is 12.4. The molecule has 0 N–H and O–H groups in total. The summed E-state index contributed by atoms with van der Waals surface area (Å²) in [6.45, 7) is -0.100. The Labute approximate surface area is 154 Å². The molecule has 0 spiro atoms. The minimum absolute atomic E-state index is 0.100. The Morgan fingerprint density at radius 1 is 1.00 bits per heavy atom. The van der Waals surface area contributed by atoms with Gasteiger partial charge in [-0.1, -0.05) is 24.3 Å². The van der Waals surface area contributed by atoms with Crippen molar-refractivity contribution in [3.8, 4) is 11.5 Å². The van der Waals surface area contributed by atoms with Gasteiger partial charge in [0.1, 0.15) is 18.0 Å². The average Bonchev–Trinajstić information content (AvgIpc) is 2.69.